The highest BCUT2D eigenvalue weighted by Gasteiger charge is 2.41. The minimum Gasteiger partial charge on any atom is -0.477 e. The van der Waals surface area contributed by atoms with Gasteiger partial charge in [-0.3, -0.25) is 0 Å². The molecule has 4 rings (SSSR count). The highest BCUT2D eigenvalue weighted by molar-refractivity contribution is 7.91. The van der Waals surface area contributed by atoms with E-state index in [2.05, 4.69) is 4.98 Å². The average molecular weight is 501 g/mol. The third kappa shape index (κ3) is 6.25. The topological polar surface area (TPSA) is 123 Å². The number of rotatable bonds is 7. The highest BCUT2D eigenvalue weighted by Crippen LogP contribution is 2.37. The molecule has 1 aliphatic carbocycles. The summed E-state index contributed by atoms with van der Waals surface area (Å²) in [4.78, 5) is 4.26. The maximum atomic E-state index is 13.5. The summed E-state index contributed by atoms with van der Waals surface area (Å²) in [5.41, 5.74) is 6.65. The second kappa shape index (κ2) is 10.6. The molecule has 0 amide bonds. The van der Waals surface area contributed by atoms with E-state index < -0.39 is 20.0 Å². The Hall–Kier alpha value is -1.27. The number of aromatic nitrogens is 1. The zero-order valence-corrected chi connectivity index (χ0v) is 20.8. The standard InChI is InChI=1S/C22H36N4O5S2/c23-14-18-6-7-24-22(13-18)31-17-19-12-21(20-4-2-1-3-5-20)16-26(15-19)33(29,30)25-8-10-32(27,28)11-9-25/h6-7,13,19-21H,1-5,8-12,14-17,23H2/t19-,21+/m0/s1. The van der Waals surface area contributed by atoms with Crippen molar-refractivity contribution >= 4 is 20.0 Å². The quantitative estimate of drug-likeness (QED) is 0.600. The molecule has 186 valence electrons. The molecule has 2 N–H and O–H groups in total. The zero-order chi connectivity index (χ0) is 23.5. The molecular weight excluding hydrogens is 464 g/mol. The lowest BCUT2D eigenvalue weighted by atomic mass is 9.75. The van der Waals surface area contributed by atoms with Crippen LogP contribution in [0, 0.1) is 17.8 Å². The van der Waals surface area contributed by atoms with Gasteiger partial charge in [0.15, 0.2) is 9.84 Å². The van der Waals surface area contributed by atoms with E-state index in [1.807, 2.05) is 12.1 Å². The van der Waals surface area contributed by atoms with Crippen LogP contribution >= 0.6 is 0 Å². The highest BCUT2D eigenvalue weighted by atomic mass is 32.2. The second-order valence-electron chi connectivity index (χ2n) is 9.65. The van der Waals surface area contributed by atoms with E-state index in [-0.39, 0.29) is 30.5 Å². The molecule has 11 heteroatoms. The van der Waals surface area contributed by atoms with Crippen LogP contribution in [0.1, 0.15) is 44.1 Å². The summed E-state index contributed by atoms with van der Waals surface area (Å²) in [6.07, 6.45) is 8.56. The van der Waals surface area contributed by atoms with E-state index in [0.717, 1.165) is 24.8 Å². The van der Waals surface area contributed by atoms with Gasteiger partial charge >= 0.3 is 0 Å². The summed E-state index contributed by atoms with van der Waals surface area (Å²) < 4.78 is 59.5. The number of nitrogens with zero attached hydrogens (tertiary/aromatic N) is 3. The molecular formula is C22H36N4O5S2. The smallest absolute Gasteiger partial charge is 0.282 e. The first kappa shape index (κ1) is 24.8. The second-order valence-corrected chi connectivity index (χ2v) is 13.9. The van der Waals surface area contributed by atoms with Gasteiger partial charge in [0.05, 0.1) is 18.1 Å². The molecule has 3 heterocycles. The van der Waals surface area contributed by atoms with Crippen LogP contribution in [0.15, 0.2) is 18.3 Å². The maximum Gasteiger partial charge on any atom is 0.282 e. The van der Waals surface area contributed by atoms with Crippen LogP contribution in [0.4, 0.5) is 0 Å². The summed E-state index contributed by atoms with van der Waals surface area (Å²) in [7, 11) is -6.87. The molecule has 0 unspecified atom stereocenters. The Kier molecular flexibility index (Phi) is 7.95. The molecule has 0 bridgehead atoms. The molecule has 3 fully saturated rings. The van der Waals surface area contributed by atoms with Gasteiger partial charge in [-0.2, -0.15) is 17.0 Å². The van der Waals surface area contributed by atoms with Gasteiger partial charge in [-0.25, -0.2) is 13.4 Å². The summed E-state index contributed by atoms with van der Waals surface area (Å²) in [5, 5.41) is 0. The fraction of sp³-hybridized carbons (Fsp3) is 0.773. The van der Waals surface area contributed by atoms with Gasteiger partial charge in [-0.15, -0.1) is 0 Å². The predicted octanol–water partition coefficient (Wildman–Crippen LogP) is 1.41. The number of hydrogen-bond acceptors (Lipinski definition) is 7. The molecule has 2 atom stereocenters. The van der Waals surface area contributed by atoms with Crippen molar-refractivity contribution in [2.45, 2.75) is 45.1 Å². The van der Waals surface area contributed by atoms with Crippen LogP contribution in [0.3, 0.4) is 0 Å². The average Bonchev–Trinajstić information content (AvgIpc) is 2.83. The van der Waals surface area contributed by atoms with E-state index in [1.54, 1.807) is 10.5 Å². The summed E-state index contributed by atoms with van der Waals surface area (Å²) in [6, 6.07) is 3.67. The molecule has 2 aliphatic heterocycles. The van der Waals surface area contributed by atoms with Crippen LogP contribution in [-0.4, -0.2) is 74.7 Å². The van der Waals surface area contributed by atoms with Crippen LogP contribution < -0.4 is 10.5 Å². The lowest BCUT2D eigenvalue weighted by molar-refractivity contribution is 0.0924. The van der Waals surface area contributed by atoms with Crippen LogP contribution in [0.5, 0.6) is 5.88 Å². The summed E-state index contributed by atoms with van der Waals surface area (Å²) in [5.74, 6) is 1.16. The summed E-state index contributed by atoms with van der Waals surface area (Å²) in [6.45, 7) is 1.76. The molecule has 0 spiro atoms. The lowest BCUT2D eigenvalue weighted by Gasteiger charge is -2.43. The molecule has 2 saturated heterocycles. The largest absolute Gasteiger partial charge is 0.477 e. The fourth-order valence-electron chi connectivity index (χ4n) is 5.41. The lowest BCUT2D eigenvalue weighted by Crippen LogP contribution is -2.55. The van der Waals surface area contributed by atoms with Gasteiger partial charge in [-0.1, -0.05) is 32.1 Å². The maximum absolute atomic E-state index is 13.5. The van der Waals surface area contributed by atoms with Crippen LogP contribution in [-0.2, 0) is 26.6 Å². The predicted molar refractivity (Wildman–Crippen MR) is 127 cm³/mol. The molecule has 9 nitrogen and oxygen atoms in total. The van der Waals surface area contributed by atoms with Crippen molar-refractivity contribution in [3.05, 3.63) is 23.9 Å². The third-order valence-corrected chi connectivity index (χ3v) is 10.9. The van der Waals surface area contributed by atoms with E-state index in [0.29, 0.717) is 44.0 Å². The molecule has 1 saturated carbocycles. The Morgan fingerprint density at radius 3 is 2.48 bits per heavy atom. The summed E-state index contributed by atoms with van der Waals surface area (Å²) >= 11 is 0. The first-order valence-electron chi connectivity index (χ1n) is 12.0. The Balaban J connectivity index is 1.48. The van der Waals surface area contributed by atoms with Crippen molar-refractivity contribution in [3.63, 3.8) is 0 Å². The molecule has 3 aliphatic rings. The van der Waals surface area contributed by atoms with Crippen molar-refractivity contribution in [1.82, 2.24) is 13.6 Å². The number of nitrogens with two attached hydrogens (primary N) is 1. The van der Waals surface area contributed by atoms with Crippen LogP contribution in [0.2, 0.25) is 0 Å². The van der Waals surface area contributed by atoms with Crippen molar-refractivity contribution < 1.29 is 21.6 Å². The normalized spacial score (nSPS) is 27.9. The molecule has 1 aromatic rings. The van der Waals surface area contributed by atoms with Crippen molar-refractivity contribution in [1.29, 1.82) is 0 Å². The number of pyridine rings is 1. The van der Waals surface area contributed by atoms with Gasteiger partial charge in [0.2, 0.25) is 5.88 Å². The Morgan fingerprint density at radius 1 is 1.06 bits per heavy atom. The molecule has 1 aromatic heterocycles. The van der Waals surface area contributed by atoms with Gasteiger partial charge in [0.1, 0.15) is 0 Å². The minimum absolute atomic E-state index is 0.0340. The minimum atomic E-state index is -3.72. The van der Waals surface area contributed by atoms with Crippen molar-refractivity contribution in [2.75, 3.05) is 44.3 Å². The zero-order valence-electron chi connectivity index (χ0n) is 19.1. The number of piperidine rings is 1. The Morgan fingerprint density at radius 2 is 1.79 bits per heavy atom. The fourth-order valence-corrected chi connectivity index (χ4v) is 8.59. The Labute approximate surface area is 197 Å². The third-order valence-electron chi connectivity index (χ3n) is 7.31. The molecule has 0 radical (unpaired) electrons. The van der Waals surface area contributed by atoms with Gasteiger partial charge in [0.25, 0.3) is 10.2 Å². The van der Waals surface area contributed by atoms with E-state index in [9.17, 15) is 16.8 Å². The number of sulfone groups is 1. The first-order chi connectivity index (χ1) is 15.8. The van der Waals surface area contributed by atoms with E-state index in [4.69, 9.17) is 10.5 Å². The first-order valence-corrected chi connectivity index (χ1v) is 15.2. The monoisotopic (exact) mass is 500 g/mol. The van der Waals surface area contributed by atoms with Gasteiger partial charge in [0, 0.05) is 50.9 Å². The van der Waals surface area contributed by atoms with Crippen molar-refractivity contribution in [3.8, 4) is 5.88 Å². The van der Waals surface area contributed by atoms with E-state index >= 15 is 0 Å². The van der Waals surface area contributed by atoms with Crippen LogP contribution in [0.25, 0.3) is 0 Å². The molecule has 33 heavy (non-hydrogen) atoms. The Bertz CT molecular complexity index is 997. The van der Waals surface area contributed by atoms with E-state index in [1.165, 1.54) is 23.6 Å². The number of hydrogen-bond donors (Lipinski definition) is 1. The number of ether oxygens (including phenoxy) is 1. The van der Waals surface area contributed by atoms with Crippen molar-refractivity contribution in [2.24, 2.45) is 23.5 Å². The van der Waals surface area contributed by atoms with Gasteiger partial charge in [-0.05, 0) is 29.9 Å². The SMILES string of the molecule is NCc1ccnc(OC[C@H]2C[C@@H](C3CCCCC3)CN(S(=O)(=O)N3CCS(=O)(=O)CC3)C2)c1. The van der Waals surface area contributed by atoms with Gasteiger partial charge < -0.3 is 10.5 Å². The molecule has 0 aromatic carbocycles.